The first-order valence-electron chi connectivity index (χ1n) is 4.01. The largest absolute Gasteiger partial charge is 0.478 e. The predicted octanol–water partition coefficient (Wildman–Crippen LogP) is 1.97. The Balaban J connectivity index is 3.28. The summed E-state index contributed by atoms with van der Waals surface area (Å²) in [5.41, 5.74) is -1.88. The highest BCUT2D eigenvalue weighted by atomic mass is 19.4. The fourth-order valence-electron chi connectivity index (χ4n) is 1.09. The van der Waals surface area contributed by atoms with Crippen LogP contribution in [0.5, 0.6) is 0 Å². The van der Waals surface area contributed by atoms with Crippen molar-refractivity contribution >= 4 is 18.1 Å². The van der Waals surface area contributed by atoms with Gasteiger partial charge in [0, 0.05) is 0 Å². The van der Waals surface area contributed by atoms with Crippen molar-refractivity contribution in [3.63, 3.8) is 0 Å². The number of halogens is 3. The average molecular weight is 233 g/mol. The van der Waals surface area contributed by atoms with Crippen LogP contribution in [0.2, 0.25) is 0 Å². The highest BCUT2D eigenvalue weighted by Crippen LogP contribution is 2.31. The van der Waals surface area contributed by atoms with Crippen LogP contribution in [0.15, 0.2) is 18.2 Å². The molecule has 16 heavy (non-hydrogen) atoms. The summed E-state index contributed by atoms with van der Waals surface area (Å²) in [6, 6.07) is 2.05. The molecule has 0 radical (unpaired) electrons. The van der Waals surface area contributed by atoms with E-state index in [-0.39, 0.29) is 12.1 Å². The lowest BCUT2D eigenvalue weighted by Crippen LogP contribution is -2.10. The summed E-state index contributed by atoms with van der Waals surface area (Å²) in [6.45, 7) is 0. The Bertz CT molecular complexity index is 428. The molecule has 0 atom stereocenters. The van der Waals surface area contributed by atoms with Crippen LogP contribution in [0, 0.1) is 0 Å². The van der Waals surface area contributed by atoms with Gasteiger partial charge < -0.3 is 10.4 Å². The molecule has 0 aromatic heterocycles. The van der Waals surface area contributed by atoms with E-state index < -0.39 is 23.3 Å². The SMILES string of the molecule is O=CNc1ccc(C(F)(F)F)cc1C(=O)O. The van der Waals surface area contributed by atoms with Crippen molar-refractivity contribution in [3.05, 3.63) is 29.3 Å². The van der Waals surface area contributed by atoms with Crippen LogP contribution in [-0.2, 0) is 11.0 Å². The van der Waals surface area contributed by atoms with E-state index in [4.69, 9.17) is 5.11 Å². The van der Waals surface area contributed by atoms with Gasteiger partial charge in [-0.25, -0.2) is 4.79 Å². The van der Waals surface area contributed by atoms with E-state index in [1.165, 1.54) is 0 Å². The van der Waals surface area contributed by atoms with E-state index in [1.54, 1.807) is 0 Å². The molecular weight excluding hydrogens is 227 g/mol. The van der Waals surface area contributed by atoms with Gasteiger partial charge in [0.05, 0.1) is 16.8 Å². The van der Waals surface area contributed by atoms with E-state index in [9.17, 15) is 22.8 Å². The van der Waals surface area contributed by atoms with Crippen molar-refractivity contribution < 1.29 is 27.9 Å². The minimum atomic E-state index is -4.62. The van der Waals surface area contributed by atoms with Gasteiger partial charge in [-0.2, -0.15) is 13.2 Å². The number of alkyl halides is 3. The third-order valence-corrected chi connectivity index (χ3v) is 1.79. The molecule has 0 spiro atoms. The van der Waals surface area contributed by atoms with E-state index in [2.05, 4.69) is 0 Å². The molecule has 1 aromatic rings. The zero-order valence-electron chi connectivity index (χ0n) is 7.71. The molecule has 7 heteroatoms. The summed E-state index contributed by atoms with van der Waals surface area (Å²) in [5.74, 6) is -1.55. The Morgan fingerprint density at radius 2 is 2.00 bits per heavy atom. The van der Waals surface area contributed by atoms with E-state index in [0.29, 0.717) is 12.1 Å². The Labute approximate surface area is 87.7 Å². The molecular formula is C9H6F3NO3. The topological polar surface area (TPSA) is 66.4 Å². The highest BCUT2D eigenvalue weighted by molar-refractivity contribution is 5.96. The van der Waals surface area contributed by atoms with Gasteiger partial charge >= 0.3 is 12.1 Å². The van der Waals surface area contributed by atoms with Crippen LogP contribution in [0.25, 0.3) is 0 Å². The molecule has 0 saturated carbocycles. The summed E-state index contributed by atoms with van der Waals surface area (Å²) in [4.78, 5) is 20.8. The molecule has 86 valence electrons. The second kappa shape index (κ2) is 4.21. The zero-order chi connectivity index (χ0) is 12.3. The van der Waals surface area contributed by atoms with Gasteiger partial charge in [0.15, 0.2) is 0 Å². The van der Waals surface area contributed by atoms with Gasteiger partial charge in [0.1, 0.15) is 0 Å². The van der Waals surface area contributed by atoms with Crippen LogP contribution in [0.3, 0.4) is 0 Å². The molecule has 0 aliphatic rings. The third kappa shape index (κ3) is 2.50. The minimum Gasteiger partial charge on any atom is -0.478 e. The quantitative estimate of drug-likeness (QED) is 0.784. The maximum Gasteiger partial charge on any atom is 0.416 e. The van der Waals surface area contributed by atoms with Gasteiger partial charge in [-0.15, -0.1) is 0 Å². The van der Waals surface area contributed by atoms with Crippen molar-refractivity contribution in [2.45, 2.75) is 6.18 Å². The number of hydrogen-bond acceptors (Lipinski definition) is 2. The summed E-state index contributed by atoms with van der Waals surface area (Å²) >= 11 is 0. The maximum absolute atomic E-state index is 12.3. The van der Waals surface area contributed by atoms with Gasteiger partial charge in [0.2, 0.25) is 6.41 Å². The number of carbonyl (C=O) groups is 2. The fourth-order valence-corrected chi connectivity index (χ4v) is 1.09. The lowest BCUT2D eigenvalue weighted by Gasteiger charge is -2.10. The van der Waals surface area contributed by atoms with Crippen LogP contribution < -0.4 is 5.32 Å². The minimum absolute atomic E-state index is 0.185. The van der Waals surface area contributed by atoms with Gasteiger partial charge in [-0.1, -0.05) is 0 Å². The fraction of sp³-hybridized carbons (Fsp3) is 0.111. The van der Waals surface area contributed by atoms with E-state index in [0.717, 1.165) is 6.07 Å². The molecule has 0 unspecified atom stereocenters. The second-order valence-corrected chi connectivity index (χ2v) is 2.83. The number of carbonyl (C=O) groups excluding carboxylic acids is 1. The molecule has 1 rings (SSSR count). The smallest absolute Gasteiger partial charge is 0.416 e. The molecule has 1 aromatic carbocycles. The molecule has 0 fully saturated rings. The third-order valence-electron chi connectivity index (χ3n) is 1.79. The molecule has 2 N–H and O–H groups in total. The van der Waals surface area contributed by atoms with Crippen LogP contribution >= 0.6 is 0 Å². The molecule has 0 aliphatic carbocycles. The van der Waals surface area contributed by atoms with Crippen molar-refractivity contribution in [1.29, 1.82) is 0 Å². The maximum atomic E-state index is 12.3. The average Bonchev–Trinajstić information content (AvgIpc) is 2.16. The monoisotopic (exact) mass is 233 g/mol. The first-order valence-corrected chi connectivity index (χ1v) is 4.01. The lowest BCUT2D eigenvalue weighted by atomic mass is 10.1. The molecule has 4 nitrogen and oxygen atoms in total. The number of benzene rings is 1. The number of amides is 1. The van der Waals surface area contributed by atoms with E-state index >= 15 is 0 Å². The molecule has 1 amide bonds. The number of nitrogens with one attached hydrogen (secondary N) is 1. The standard InChI is InChI=1S/C9H6F3NO3/c10-9(11,12)5-1-2-7(13-4-14)6(3-5)8(15)16/h1-4H,(H,13,14)(H,15,16). The van der Waals surface area contributed by atoms with Crippen molar-refractivity contribution in [1.82, 2.24) is 0 Å². The molecule has 0 aliphatic heterocycles. The van der Waals surface area contributed by atoms with E-state index in [1.807, 2.05) is 5.32 Å². The first-order chi connectivity index (χ1) is 7.36. The number of anilines is 1. The molecule has 0 saturated heterocycles. The number of carboxylic acids is 1. The lowest BCUT2D eigenvalue weighted by molar-refractivity contribution is -0.137. The van der Waals surface area contributed by atoms with Gasteiger partial charge in [-0.3, -0.25) is 4.79 Å². The summed E-state index contributed by atoms with van der Waals surface area (Å²) in [5, 5.41) is 10.7. The van der Waals surface area contributed by atoms with Crippen molar-refractivity contribution in [2.75, 3.05) is 5.32 Å². The number of aromatic carboxylic acids is 1. The van der Waals surface area contributed by atoms with Gasteiger partial charge in [-0.05, 0) is 18.2 Å². The predicted molar refractivity (Wildman–Crippen MR) is 48.1 cm³/mol. The number of hydrogen-bond donors (Lipinski definition) is 2. The molecule has 0 heterocycles. The Hall–Kier alpha value is -2.05. The Kier molecular flexibility index (Phi) is 3.17. The molecule has 0 bridgehead atoms. The summed E-state index contributed by atoms with van der Waals surface area (Å²) in [6.07, 6.45) is -4.43. The van der Waals surface area contributed by atoms with Crippen molar-refractivity contribution in [2.24, 2.45) is 0 Å². The normalized spacial score (nSPS) is 10.9. The van der Waals surface area contributed by atoms with Crippen LogP contribution in [-0.4, -0.2) is 17.5 Å². The second-order valence-electron chi connectivity index (χ2n) is 2.83. The van der Waals surface area contributed by atoms with Crippen molar-refractivity contribution in [3.8, 4) is 0 Å². The zero-order valence-corrected chi connectivity index (χ0v) is 7.71. The van der Waals surface area contributed by atoms with Crippen LogP contribution in [0.4, 0.5) is 18.9 Å². The Morgan fingerprint density at radius 1 is 1.38 bits per heavy atom. The summed E-state index contributed by atoms with van der Waals surface area (Å²) < 4.78 is 36.8. The number of carboxylic acid groups (broad SMARTS) is 1. The first kappa shape index (κ1) is 12.0. The van der Waals surface area contributed by atoms with Crippen LogP contribution in [0.1, 0.15) is 15.9 Å². The highest BCUT2D eigenvalue weighted by Gasteiger charge is 2.31. The number of rotatable bonds is 3. The summed E-state index contributed by atoms with van der Waals surface area (Å²) in [7, 11) is 0. The van der Waals surface area contributed by atoms with Gasteiger partial charge in [0.25, 0.3) is 0 Å². The Morgan fingerprint density at radius 3 is 2.44 bits per heavy atom.